The quantitative estimate of drug-likeness (QED) is 0.578. The Kier molecular flexibility index (Phi) is 4.27. The van der Waals surface area contributed by atoms with Gasteiger partial charge >= 0.3 is 0 Å². The van der Waals surface area contributed by atoms with Gasteiger partial charge in [0.2, 0.25) is 10.1 Å². The normalized spacial score (nSPS) is 10.8. The zero-order valence-corrected chi connectivity index (χ0v) is 15.1. The lowest BCUT2D eigenvalue weighted by atomic mass is 10.2. The molecule has 0 unspecified atom stereocenters. The van der Waals surface area contributed by atoms with Gasteiger partial charge in [0.1, 0.15) is 5.75 Å². The van der Waals surface area contributed by atoms with Crippen molar-refractivity contribution in [3.63, 3.8) is 0 Å². The average Bonchev–Trinajstić information content (AvgIpc) is 3.22. The van der Waals surface area contributed by atoms with Gasteiger partial charge in [-0.1, -0.05) is 29.0 Å². The van der Waals surface area contributed by atoms with Gasteiger partial charge in [0, 0.05) is 16.1 Å². The Balaban J connectivity index is 1.62. The van der Waals surface area contributed by atoms with Gasteiger partial charge in [-0.15, -0.1) is 15.3 Å². The second-order valence-electron chi connectivity index (χ2n) is 5.32. The van der Waals surface area contributed by atoms with Crippen LogP contribution in [0, 0.1) is 0 Å². The Labute approximate surface area is 157 Å². The van der Waals surface area contributed by atoms with Crippen molar-refractivity contribution in [2.24, 2.45) is 0 Å². The molecule has 0 bridgehead atoms. The average molecular weight is 386 g/mol. The molecule has 0 fully saturated rings. The summed E-state index contributed by atoms with van der Waals surface area (Å²) in [6, 6.07) is 14.1. The maximum Gasteiger partial charge on any atom is 0.257 e. The number of hydrogen-bond acceptors (Lipinski definition) is 6. The zero-order chi connectivity index (χ0) is 18.1. The van der Waals surface area contributed by atoms with Crippen molar-refractivity contribution in [3.8, 4) is 17.1 Å². The molecular formula is C17H12ClN5O2S. The van der Waals surface area contributed by atoms with E-state index < -0.39 is 0 Å². The van der Waals surface area contributed by atoms with Crippen LogP contribution in [0.1, 0.15) is 10.4 Å². The molecule has 9 heteroatoms. The Morgan fingerprint density at radius 3 is 2.77 bits per heavy atom. The standard InChI is InChI=1S/C17H12ClN5O2S/c1-25-13-4-2-3-11(9-13)15(24)19-16-22-23-14(20-21-17(23)26-16)10-5-7-12(18)8-6-10/h2-9H,1H3,(H,19,22,24). The van der Waals surface area contributed by atoms with Crippen LogP contribution in [-0.4, -0.2) is 32.8 Å². The highest BCUT2D eigenvalue weighted by Crippen LogP contribution is 2.25. The zero-order valence-electron chi connectivity index (χ0n) is 13.5. The Bertz CT molecular complexity index is 1090. The molecule has 0 radical (unpaired) electrons. The van der Waals surface area contributed by atoms with Crippen molar-refractivity contribution in [2.75, 3.05) is 12.4 Å². The van der Waals surface area contributed by atoms with Gasteiger partial charge in [-0.05, 0) is 42.5 Å². The van der Waals surface area contributed by atoms with E-state index in [-0.39, 0.29) is 5.91 Å². The molecule has 2 heterocycles. The lowest BCUT2D eigenvalue weighted by Gasteiger charge is -2.03. The monoisotopic (exact) mass is 385 g/mol. The van der Waals surface area contributed by atoms with E-state index in [9.17, 15) is 4.79 Å². The van der Waals surface area contributed by atoms with Crippen molar-refractivity contribution in [1.29, 1.82) is 0 Å². The summed E-state index contributed by atoms with van der Waals surface area (Å²) in [5, 5.41) is 16.5. The van der Waals surface area contributed by atoms with Crippen LogP contribution in [0.5, 0.6) is 5.75 Å². The van der Waals surface area contributed by atoms with Crippen molar-refractivity contribution in [3.05, 3.63) is 59.1 Å². The van der Waals surface area contributed by atoms with Crippen molar-refractivity contribution >= 4 is 38.9 Å². The predicted molar refractivity (Wildman–Crippen MR) is 100 cm³/mol. The van der Waals surface area contributed by atoms with Crippen LogP contribution in [0.2, 0.25) is 5.02 Å². The molecule has 2 aromatic heterocycles. The minimum Gasteiger partial charge on any atom is -0.497 e. The van der Waals surface area contributed by atoms with Gasteiger partial charge in [-0.3, -0.25) is 10.1 Å². The summed E-state index contributed by atoms with van der Waals surface area (Å²) in [5.74, 6) is 0.914. The number of hydrogen-bond donors (Lipinski definition) is 1. The molecule has 0 aliphatic rings. The summed E-state index contributed by atoms with van der Waals surface area (Å²) in [6.45, 7) is 0. The number of anilines is 1. The molecule has 0 saturated heterocycles. The Morgan fingerprint density at radius 2 is 2.00 bits per heavy atom. The van der Waals surface area contributed by atoms with Gasteiger partial charge in [0.25, 0.3) is 5.91 Å². The van der Waals surface area contributed by atoms with Crippen molar-refractivity contribution in [2.45, 2.75) is 0 Å². The number of halogens is 1. The fourth-order valence-electron chi connectivity index (χ4n) is 2.38. The molecule has 4 aromatic rings. The Hall–Kier alpha value is -2.97. The lowest BCUT2D eigenvalue weighted by molar-refractivity contribution is 0.102. The molecule has 2 aromatic carbocycles. The van der Waals surface area contributed by atoms with E-state index in [1.807, 2.05) is 12.1 Å². The van der Waals surface area contributed by atoms with Crippen LogP contribution in [0.15, 0.2) is 48.5 Å². The van der Waals surface area contributed by atoms with Gasteiger partial charge in [0.15, 0.2) is 5.82 Å². The third kappa shape index (κ3) is 3.12. The summed E-state index contributed by atoms with van der Waals surface area (Å²) >= 11 is 7.16. The number of carbonyl (C=O) groups is 1. The third-order valence-electron chi connectivity index (χ3n) is 3.65. The van der Waals surface area contributed by atoms with E-state index in [0.29, 0.717) is 32.3 Å². The van der Waals surface area contributed by atoms with E-state index in [1.54, 1.807) is 48.0 Å². The van der Waals surface area contributed by atoms with Crippen LogP contribution in [0.25, 0.3) is 16.3 Å². The number of aromatic nitrogens is 4. The van der Waals surface area contributed by atoms with E-state index >= 15 is 0 Å². The molecule has 130 valence electrons. The number of benzene rings is 2. The molecule has 0 aliphatic heterocycles. The van der Waals surface area contributed by atoms with Crippen LogP contribution < -0.4 is 10.1 Å². The number of nitrogens with zero attached hydrogens (tertiary/aromatic N) is 4. The van der Waals surface area contributed by atoms with Gasteiger partial charge in [-0.25, -0.2) is 0 Å². The van der Waals surface area contributed by atoms with Crippen LogP contribution in [-0.2, 0) is 0 Å². The first kappa shape index (κ1) is 16.5. The molecule has 0 aliphatic carbocycles. The predicted octanol–water partition coefficient (Wildman–Crippen LogP) is 3.77. The number of nitrogens with one attached hydrogen (secondary N) is 1. The Morgan fingerprint density at radius 1 is 1.19 bits per heavy atom. The summed E-state index contributed by atoms with van der Waals surface area (Å²) in [7, 11) is 1.55. The fourth-order valence-corrected chi connectivity index (χ4v) is 3.24. The number of rotatable bonds is 4. The third-order valence-corrected chi connectivity index (χ3v) is 4.71. The molecule has 0 atom stereocenters. The summed E-state index contributed by atoms with van der Waals surface area (Å²) < 4.78 is 6.73. The molecule has 1 N–H and O–H groups in total. The number of amides is 1. The number of fused-ring (bicyclic) bond motifs is 1. The highest BCUT2D eigenvalue weighted by Gasteiger charge is 2.15. The first-order chi connectivity index (χ1) is 12.6. The van der Waals surface area contributed by atoms with Gasteiger partial charge < -0.3 is 4.74 Å². The van der Waals surface area contributed by atoms with E-state index in [2.05, 4.69) is 20.6 Å². The maximum absolute atomic E-state index is 12.4. The highest BCUT2D eigenvalue weighted by atomic mass is 35.5. The SMILES string of the molecule is COc1cccc(C(=O)Nc2nn3c(-c4ccc(Cl)cc4)nnc3s2)c1. The lowest BCUT2D eigenvalue weighted by Crippen LogP contribution is -2.12. The van der Waals surface area contributed by atoms with E-state index in [4.69, 9.17) is 16.3 Å². The van der Waals surface area contributed by atoms with Crippen LogP contribution in [0.3, 0.4) is 0 Å². The largest absolute Gasteiger partial charge is 0.497 e. The summed E-state index contributed by atoms with van der Waals surface area (Å²) in [6.07, 6.45) is 0. The van der Waals surface area contributed by atoms with Gasteiger partial charge in [0.05, 0.1) is 7.11 Å². The highest BCUT2D eigenvalue weighted by molar-refractivity contribution is 7.20. The number of methoxy groups -OCH3 is 1. The molecule has 26 heavy (non-hydrogen) atoms. The maximum atomic E-state index is 12.4. The van der Waals surface area contributed by atoms with Crippen LogP contribution in [0.4, 0.5) is 5.13 Å². The minimum absolute atomic E-state index is 0.276. The van der Waals surface area contributed by atoms with Crippen molar-refractivity contribution < 1.29 is 9.53 Å². The molecule has 0 saturated carbocycles. The first-order valence-electron chi connectivity index (χ1n) is 7.57. The first-order valence-corrected chi connectivity index (χ1v) is 8.77. The fraction of sp³-hybridized carbons (Fsp3) is 0.0588. The topological polar surface area (TPSA) is 81.4 Å². The van der Waals surface area contributed by atoms with Gasteiger partial charge in [-0.2, -0.15) is 4.52 Å². The molecule has 4 rings (SSSR count). The molecule has 0 spiro atoms. The summed E-state index contributed by atoms with van der Waals surface area (Å²) in [4.78, 5) is 13.0. The summed E-state index contributed by atoms with van der Waals surface area (Å²) in [5.41, 5.74) is 1.31. The van der Waals surface area contributed by atoms with Crippen molar-refractivity contribution in [1.82, 2.24) is 19.8 Å². The number of ether oxygens (including phenoxy) is 1. The second kappa shape index (κ2) is 6.74. The van der Waals surface area contributed by atoms with E-state index in [0.717, 1.165) is 5.56 Å². The van der Waals surface area contributed by atoms with Crippen LogP contribution >= 0.6 is 22.9 Å². The number of carbonyl (C=O) groups excluding carboxylic acids is 1. The second-order valence-corrected chi connectivity index (χ2v) is 6.71. The molecule has 7 nitrogen and oxygen atoms in total. The molecule has 1 amide bonds. The van der Waals surface area contributed by atoms with E-state index in [1.165, 1.54) is 11.3 Å². The minimum atomic E-state index is -0.276. The molecular weight excluding hydrogens is 374 g/mol. The smallest absolute Gasteiger partial charge is 0.257 e.